The van der Waals surface area contributed by atoms with Crippen LogP contribution < -0.4 is 5.32 Å². The van der Waals surface area contributed by atoms with E-state index in [4.69, 9.17) is 4.74 Å². The summed E-state index contributed by atoms with van der Waals surface area (Å²) in [5.74, 6) is -0.301. The summed E-state index contributed by atoms with van der Waals surface area (Å²) < 4.78 is 5.93. The summed E-state index contributed by atoms with van der Waals surface area (Å²) in [5, 5.41) is 3.24. The Morgan fingerprint density at radius 3 is 2.38 bits per heavy atom. The van der Waals surface area contributed by atoms with E-state index < -0.39 is 6.04 Å². The van der Waals surface area contributed by atoms with E-state index in [0.717, 1.165) is 21.3 Å². The molecule has 0 bridgehead atoms. The predicted octanol–water partition coefficient (Wildman–Crippen LogP) is 4.39. The highest BCUT2D eigenvalue weighted by molar-refractivity contribution is 9.10. The van der Waals surface area contributed by atoms with E-state index >= 15 is 0 Å². The monoisotopic (exact) mass is 347 g/mol. The van der Waals surface area contributed by atoms with Crippen molar-refractivity contribution in [1.82, 2.24) is 0 Å². The van der Waals surface area contributed by atoms with Crippen LogP contribution in [0.2, 0.25) is 0 Å². The summed E-state index contributed by atoms with van der Waals surface area (Å²) >= 11 is 3.40. The molecule has 0 fully saturated rings. The molecule has 0 aliphatic heterocycles. The van der Waals surface area contributed by atoms with Crippen molar-refractivity contribution in [3.05, 3.63) is 63.6 Å². The number of carbonyl (C=O) groups excluding carboxylic acids is 1. The van der Waals surface area contributed by atoms with Crippen LogP contribution in [0.25, 0.3) is 0 Å². The lowest BCUT2D eigenvalue weighted by Crippen LogP contribution is -2.23. The van der Waals surface area contributed by atoms with E-state index in [2.05, 4.69) is 27.3 Å². The van der Waals surface area contributed by atoms with Gasteiger partial charge in [-0.15, -0.1) is 0 Å². The van der Waals surface area contributed by atoms with Crippen LogP contribution >= 0.6 is 15.9 Å². The molecule has 0 aliphatic carbocycles. The van der Waals surface area contributed by atoms with Crippen molar-refractivity contribution in [3.63, 3.8) is 0 Å². The van der Waals surface area contributed by atoms with Gasteiger partial charge in [-0.05, 0) is 49.2 Å². The molecule has 0 heterocycles. The molecule has 2 aromatic rings. The first-order chi connectivity index (χ1) is 10.0. The molecule has 110 valence electrons. The van der Waals surface area contributed by atoms with Crippen molar-refractivity contribution in [2.75, 3.05) is 12.4 Å². The molecular formula is C17H18BrNO2. The van der Waals surface area contributed by atoms with Crippen LogP contribution in [0, 0.1) is 13.8 Å². The molecule has 1 N–H and O–H groups in total. The Bertz CT molecular complexity index is 638. The summed E-state index contributed by atoms with van der Waals surface area (Å²) in [6.45, 7) is 4.04. The Hall–Kier alpha value is -1.81. The molecule has 2 rings (SSSR count). The molecule has 1 unspecified atom stereocenters. The van der Waals surface area contributed by atoms with Gasteiger partial charge in [0, 0.05) is 10.2 Å². The first-order valence-corrected chi connectivity index (χ1v) is 7.47. The van der Waals surface area contributed by atoms with Gasteiger partial charge < -0.3 is 10.1 Å². The topological polar surface area (TPSA) is 38.3 Å². The largest absolute Gasteiger partial charge is 0.467 e. The second-order valence-corrected chi connectivity index (χ2v) is 5.88. The summed E-state index contributed by atoms with van der Waals surface area (Å²) in [5.41, 5.74) is 4.03. The van der Waals surface area contributed by atoms with Gasteiger partial charge in [0.25, 0.3) is 0 Å². The number of anilines is 1. The minimum atomic E-state index is -0.517. The lowest BCUT2D eigenvalue weighted by molar-refractivity contribution is -0.141. The zero-order valence-electron chi connectivity index (χ0n) is 12.3. The Labute approximate surface area is 133 Å². The molecule has 0 saturated carbocycles. The Kier molecular flexibility index (Phi) is 5.02. The lowest BCUT2D eigenvalue weighted by Gasteiger charge is -2.20. The first kappa shape index (κ1) is 15.6. The van der Waals surface area contributed by atoms with E-state index in [0.29, 0.717) is 0 Å². The molecule has 2 aromatic carbocycles. The highest BCUT2D eigenvalue weighted by Gasteiger charge is 2.22. The van der Waals surface area contributed by atoms with Crippen molar-refractivity contribution < 1.29 is 9.53 Å². The molecule has 21 heavy (non-hydrogen) atoms. The van der Waals surface area contributed by atoms with Gasteiger partial charge in [-0.3, -0.25) is 0 Å². The third-order valence-corrected chi connectivity index (χ3v) is 3.86. The maximum atomic E-state index is 12.1. The third-order valence-electron chi connectivity index (χ3n) is 3.33. The molecule has 0 radical (unpaired) electrons. The number of rotatable bonds is 4. The van der Waals surface area contributed by atoms with Crippen molar-refractivity contribution in [1.29, 1.82) is 0 Å². The number of hydrogen-bond acceptors (Lipinski definition) is 3. The fourth-order valence-corrected chi connectivity index (χ4v) is 2.51. The van der Waals surface area contributed by atoms with Gasteiger partial charge in [0.2, 0.25) is 0 Å². The van der Waals surface area contributed by atoms with Crippen LogP contribution in [-0.4, -0.2) is 13.1 Å². The second-order valence-electron chi connectivity index (χ2n) is 4.97. The molecule has 3 nitrogen and oxygen atoms in total. The van der Waals surface area contributed by atoms with Gasteiger partial charge in [-0.1, -0.05) is 39.7 Å². The summed E-state index contributed by atoms with van der Waals surface area (Å²) in [6.07, 6.45) is 0. The number of hydrogen-bond donors (Lipinski definition) is 1. The zero-order valence-corrected chi connectivity index (χ0v) is 13.9. The van der Waals surface area contributed by atoms with Crippen LogP contribution in [0.5, 0.6) is 0 Å². The van der Waals surface area contributed by atoms with Crippen molar-refractivity contribution in [3.8, 4) is 0 Å². The number of ether oxygens (including phenoxy) is 1. The lowest BCUT2D eigenvalue weighted by atomic mass is 9.99. The van der Waals surface area contributed by atoms with Crippen LogP contribution in [0.4, 0.5) is 5.69 Å². The Morgan fingerprint density at radius 2 is 1.81 bits per heavy atom. The van der Waals surface area contributed by atoms with Gasteiger partial charge in [0.05, 0.1) is 7.11 Å². The van der Waals surface area contributed by atoms with Crippen molar-refractivity contribution >= 4 is 27.6 Å². The van der Waals surface area contributed by atoms with Crippen LogP contribution in [0.15, 0.2) is 46.9 Å². The average molecular weight is 348 g/mol. The molecule has 0 saturated heterocycles. The van der Waals surface area contributed by atoms with Gasteiger partial charge in [-0.2, -0.15) is 0 Å². The van der Waals surface area contributed by atoms with Gasteiger partial charge in [-0.25, -0.2) is 4.79 Å². The van der Waals surface area contributed by atoms with Crippen molar-refractivity contribution in [2.45, 2.75) is 19.9 Å². The first-order valence-electron chi connectivity index (χ1n) is 6.68. The van der Waals surface area contributed by atoms with E-state index in [1.165, 1.54) is 12.7 Å². The predicted molar refractivity (Wildman–Crippen MR) is 88.4 cm³/mol. The van der Waals surface area contributed by atoms with E-state index in [1.54, 1.807) is 0 Å². The zero-order chi connectivity index (χ0) is 15.4. The van der Waals surface area contributed by atoms with E-state index in [1.807, 2.05) is 50.2 Å². The number of methoxy groups -OCH3 is 1. The normalized spacial score (nSPS) is 11.8. The maximum Gasteiger partial charge on any atom is 0.332 e. The van der Waals surface area contributed by atoms with Gasteiger partial charge in [0.1, 0.15) is 0 Å². The molecule has 0 aromatic heterocycles. The van der Waals surface area contributed by atoms with Crippen LogP contribution in [0.3, 0.4) is 0 Å². The van der Waals surface area contributed by atoms with Crippen molar-refractivity contribution in [2.24, 2.45) is 0 Å². The summed E-state index contributed by atoms with van der Waals surface area (Å²) in [6, 6.07) is 13.2. The summed E-state index contributed by atoms with van der Waals surface area (Å²) in [7, 11) is 1.40. The minimum absolute atomic E-state index is 0.301. The highest BCUT2D eigenvalue weighted by atomic mass is 79.9. The van der Waals surface area contributed by atoms with Crippen LogP contribution in [-0.2, 0) is 9.53 Å². The number of benzene rings is 2. The van der Waals surface area contributed by atoms with Gasteiger partial charge >= 0.3 is 5.97 Å². The standard InChI is InChI=1S/C17H18BrNO2/c1-11-4-9-15(12(2)10-11)16(17(20)21-3)19-14-7-5-13(18)6-8-14/h4-10,16,19H,1-3H3. The third kappa shape index (κ3) is 3.85. The maximum absolute atomic E-state index is 12.1. The molecule has 1 atom stereocenters. The smallest absolute Gasteiger partial charge is 0.332 e. The van der Waals surface area contributed by atoms with E-state index in [-0.39, 0.29) is 5.97 Å². The Balaban J connectivity index is 2.34. The number of esters is 1. The molecule has 4 heteroatoms. The molecular weight excluding hydrogens is 330 g/mol. The quantitative estimate of drug-likeness (QED) is 0.833. The number of aryl methyl sites for hydroxylation is 2. The minimum Gasteiger partial charge on any atom is -0.467 e. The molecule has 0 spiro atoms. The number of nitrogens with one attached hydrogen (secondary N) is 1. The fourth-order valence-electron chi connectivity index (χ4n) is 2.24. The highest BCUT2D eigenvalue weighted by Crippen LogP contribution is 2.25. The SMILES string of the molecule is COC(=O)C(Nc1ccc(Br)cc1)c1ccc(C)cc1C. The number of carbonyl (C=O) groups is 1. The van der Waals surface area contributed by atoms with E-state index in [9.17, 15) is 4.79 Å². The molecule has 0 amide bonds. The number of halogens is 1. The molecule has 0 aliphatic rings. The second kappa shape index (κ2) is 6.76. The fraction of sp³-hybridized carbons (Fsp3) is 0.235. The summed E-state index contributed by atoms with van der Waals surface area (Å²) in [4.78, 5) is 12.1. The Morgan fingerprint density at radius 1 is 1.14 bits per heavy atom. The van der Waals surface area contributed by atoms with Crippen LogP contribution in [0.1, 0.15) is 22.7 Å². The average Bonchev–Trinajstić information content (AvgIpc) is 2.47. The van der Waals surface area contributed by atoms with Gasteiger partial charge in [0.15, 0.2) is 6.04 Å².